The zero-order valence-corrected chi connectivity index (χ0v) is 16.4. The van der Waals surface area contributed by atoms with Crippen LogP contribution in [0.3, 0.4) is 0 Å². The van der Waals surface area contributed by atoms with Gasteiger partial charge in [-0.15, -0.1) is 0 Å². The van der Waals surface area contributed by atoms with Gasteiger partial charge in [-0.1, -0.05) is 24.3 Å². The van der Waals surface area contributed by atoms with Crippen molar-refractivity contribution in [3.63, 3.8) is 0 Å². The predicted molar refractivity (Wildman–Crippen MR) is 107 cm³/mol. The van der Waals surface area contributed by atoms with Crippen molar-refractivity contribution in [3.05, 3.63) is 42.0 Å². The van der Waals surface area contributed by atoms with Crippen molar-refractivity contribution in [2.45, 2.75) is 18.1 Å². The molecule has 28 heavy (non-hydrogen) atoms. The summed E-state index contributed by atoms with van der Waals surface area (Å²) >= 11 is 1.86. The average Bonchev–Trinajstić information content (AvgIpc) is 3.37. The van der Waals surface area contributed by atoms with Crippen LogP contribution in [0.5, 0.6) is 0 Å². The van der Waals surface area contributed by atoms with E-state index >= 15 is 0 Å². The summed E-state index contributed by atoms with van der Waals surface area (Å²) in [5, 5.41) is 9.08. The second-order valence-electron chi connectivity index (χ2n) is 7.90. The molecule has 4 aliphatic heterocycles. The molecule has 2 amide bonds. The molecule has 4 atom stereocenters. The number of rotatable bonds is 4. The fraction of sp³-hybridized carbons (Fsp3) is 0.524. The molecule has 6 nitrogen and oxygen atoms in total. The maximum absolute atomic E-state index is 13.4. The van der Waals surface area contributed by atoms with Crippen LogP contribution >= 0.6 is 11.8 Å². The first-order valence-corrected chi connectivity index (χ1v) is 11.0. The van der Waals surface area contributed by atoms with Crippen LogP contribution in [0.1, 0.15) is 5.56 Å². The molecule has 4 aliphatic rings. The molecule has 0 aliphatic carbocycles. The minimum absolute atomic E-state index is 0.0218. The summed E-state index contributed by atoms with van der Waals surface area (Å²) in [5.41, 5.74) is 1.16. The summed E-state index contributed by atoms with van der Waals surface area (Å²) in [6.07, 6.45) is 4.28. The van der Waals surface area contributed by atoms with Gasteiger partial charge in [-0.2, -0.15) is 11.8 Å². The van der Waals surface area contributed by atoms with Crippen LogP contribution in [0.2, 0.25) is 0 Å². The maximum atomic E-state index is 13.4. The molecule has 1 aromatic carbocycles. The summed E-state index contributed by atoms with van der Waals surface area (Å²) in [5.74, 6) is 1.09. The Labute approximate surface area is 168 Å². The number of anilines is 1. The summed E-state index contributed by atoms with van der Waals surface area (Å²) in [7, 11) is 0. The van der Waals surface area contributed by atoms with Crippen molar-refractivity contribution in [3.8, 4) is 0 Å². The first-order valence-electron chi connectivity index (χ1n) is 9.88. The lowest BCUT2D eigenvalue weighted by atomic mass is 9.76. The van der Waals surface area contributed by atoms with E-state index in [4.69, 9.17) is 9.84 Å². The van der Waals surface area contributed by atoms with Gasteiger partial charge in [0.05, 0.1) is 24.5 Å². The third-order valence-corrected chi connectivity index (χ3v) is 7.30. The van der Waals surface area contributed by atoms with E-state index in [0.29, 0.717) is 13.0 Å². The van der Waals surface area contributed by atoms with Gasteiger partial charge < -0.3 is 19.6 Å². The van der Waals surface area contributed by atoms with Gasteiger partial charge in [0, 0.05) is 36.9 Å². The number of amides is 2. The van der Waals surface area contributed by atoms with Gasteiger partial charge in [-0.05, 0) is 24.1 Å². The van der Waals surface area contributed by atoms with Gasteiger partial charge in [0.15, 0.2) is 0 Å². The van der Waals surface area contributed by atoms with Crippen LogP contribution in [-0.4, -0.2) is 71.3 Å². The number of aliphatic hydroxyl groups excluding tert-OH is 1. The first kappa shape index (κ1) is 18.2. The maximum Gasteiger partial charge on any atom is 0.234 e. The molecule has 148 valence electrons. The van der Waals surface area contributed by atoms with Crippen molar-refractivity contribution in [1.29, 1.82) is 0 Å². The van der Waals surface area contributed by atoms with Crippen molar-refractivity contribution >= 4 is 29.3 Å². The number of nitrogens with zero attached hydrogens (tertiary/aromatic N) is 2. The van der Waals surface area contributed by atoms with Gasteiger partial charge in [-0.3, -0.25) is 9.59 Å². The monoisotopic (exact) mass is 400 g/mol. The van der Waals surface area contributed by atoms with Crippen molar-refractivity contribution in [2.24, 2.45) is 11.8 Å². The highest BCUT2D eigenvalue weighted by Gasteiger charge is 2.67. The number of benzene rings is 1. The Morgan fingerprint density at radius 3 is 2.71 bits per heavy atom. The minimum Gasteiger partial charge on any atom is -0.396 e. The van der Waals surface area contributed by atoms with E-state index in [1.807, 2.05) is 53.1 Å². The Morgan fingerprint density at radius 1 is 1.25 bits per heavy atom. The SMILES string of the molecule is O=C(C1C2C=CC3(CN(c4ccc(CCO)cc4)C(=O)C13)O2)N1CCSCC1. The summed E-state index contributed by atoms with van der Waals surface area (Å²) in [4.78, 5) is 30.3. The number of hydrogen-bond donors (Lipinski definition) is 1. The van der Waals surface area contributed by atoms with E-state index in [9.17, 15) is 9.59 Å². The van der Waals surface area contributed by atoms with Gasteiger partial charge in [-0.25, -0.2) is 0 Å². The molecule has 0 saturated carbocycles. The van der Waals surface area contributed by atoms with Crippen LogP contribution in [0.15, 0.2) is 36.4 Å². The molecule has 0 radical (unpaired) electrons. The topological polar surface area (TPSA) is 70.1 Å². The number of aliphatic hydroxyl groups is 1. The molecular weight excluding hydrogens is 376 g/mol. The van der Waals surface area contributed by atoms with Crippen LogP contribution in [0.4, 0.5) is 5.69 Å². The van der Waals surface area contributed by atoms with Crippen LogP contribution in [-0.2, 0) is 20.7 Å². The summed E-state index contributed by atoms with van der Waals surface area (Å²) < 4.78 is 6.23. The second kappa shape index (κ2) is 6.90. The molecule has 1 N–H and O–H groups in total. The zero-order valence-electron chi connectivity index (χ0n) is 15.6. The Bertz CT molecular complexity index is 820. The third kappa shape index (κ3) is 2.71. The lowest BCUT2D eigenvalue weighted by Crippen LogP contribution is -2.48. The highest BCUT2D eigenvalue weighted by atomic mass is 32.2. The van der Waals surface area contributed by atoms with E-state index in [-0.39, 0.29) is 24.5 Å². The van der Waals surface area contributed by atoms with Crippen LogP contribution in [0.25, 0.3) is 0 Å². The van der Waals surface area contributed by atoms with Crippen LogP contribution < -0.4 is 4.90 Å². The first-order chi connectivity index (χ1) is 13.6. The van der Waals surface area contributed by atoms with Crippen molar-refractivity contribution < 1.29 is 19.4 Å². The Hall–Kier alpha value is -1.83. The smallest absolute Gasteiger partial charge is 0.234 e. The van der Waals surface area contributed by atoms with E-state index < -0.39 is 17.4 Å². The number of hydrogen-bond acceptors (Lipinski definition) is 5. The normalized spacial score (nSPS) is 33.6. The second-order valence-corrected chi connectivity index (χ2v) is 9.13. The van der Waals surface area contributed by atoms with Gasteiger partial charge in [0.25, 0.3) is 0 Å². The van der Waals surface area contributed by atoms with Crippen molar-refractivity contribution in [1.82, 2.24) is 4.90 Å². The standard InChI is InChI=1S/C21H24N2O4S/c24-10-6-14-1-3-15(4-2-14)23-13-21-7-5-16(27-21)17(18(21)20(23)26)19(25)22-8-11-28-12-9-22/h1-5,7,16-18,24H,6,8-13H2. The molecule has 7 heteroatoms. The fourth-order valence-electron chi connectivity index (χ4n) is 4.96. The van der Waals surface area contributed by atoms with E-state index in [1.54, 1.807) is 4.90 Å². The highest BCUT2D eigenvalue weighted by molar-refractivity contribution is 7.99. The lowest BCUT2D eigenvalue weighted by molar-refractivity contribution is -0.140. The number of ether oxygens (including phenoxy) is 1. The minimum atomic E-state index is -0.684. The number of thioether (sulfide) groups is 1. The van der Waals surface area contributed by atoms with Gasteiger partial charge >= 0.3 is 0 Å². The van der Waals surface area contributed by atoms with E-state index in [0.717, 1.165) is 35.8 Å². The van der Waals surface area contributed by atoms with E-state index in [2.05, 4.69) is 0 Å². The summed E-state index contributed by atoms with van der Waals surface area (Å²) in [6.45, 7) is 2.05. The van der Waals surface area contributed by atoms with Crippen LogP contribution in [0, 0.1) is 11.8 Å². The average molecular weight is 401 g/mol. The van der Waals surface area contributed by atoms with E-state index in [1.165, 1.54) is 0 Å². The number of carbonyl (C=O) groups is 2. The van der Waals surface area contributed by atoms with Gasteiger partial charge in [0.1, 0.15) is 5.60 Å². The largest absolute Gasteiger partial charge is 0.396 e. The molecule has 3 fully saturated rings. The highest BCUT2D eigenvalue weighted by Crippen LogP contribution is 2.53. The fourth-order valence-corrected chi connectivity index (χ4v) is 5.87. The Morgan fingerprint density at radius 2 is 2.00 bits per heavy atom. The molecular formula is C21H24N2O4S. The molecule has 4 heterocycles. The third-order valence-electron chi connectivity index (χ3n) is 6.36. The number of carbonyl (C=O) groups excluding carboxylic acids is 2. The molecule has 1 aromatic rings. The molecule has 2 bridgehead atoms. The lowest BCUT2D eigenvalue weighted by Gasteiger charge is -2.32. The van der Waals surface area contributed by atoms with Crippen molar-refractivity contribution in [2.75, 3.05) is 42.6 Å². The number of fused-ring (bicyclic) bond motifs is 1. The quantitative estimate of drug-likeness (QED) is 0.766. The molecule has 1 spiro atoms. The molecule has 4 unspecified atom stereocenters. The zero-order chi connectivity index (χ0) is 19.3. The molecule has 5 rings (SSSR count). The molecule has 0 aromatic heterocycles. The Kier molecular flexibility index (Phi) is 4.49. The predicted octanol–water partition coefficient (Wildman–Crippen LogP) is 1.08. The Balaban J connectivity index is 1.41. The van der Waals surface area contributed by atoms with Gasteiger partial charge in [0.2, 0.25) is 11.8 Å². The molecule has 3 saturated heterocycles. The summed E-state index contributed by atoms with van der Waals surface area (Å²) in [6, 6.07) is 7.70.